The van der Waals surface area contributed by atoms with E-state index in [0.29, 0.717) is 18.8 Å². The lowest BCUT2D eigenvalue weighted by atomic mass is 10.0. The number of nitrogens with zero attached hydrogens (tertiary/aromatic N) is 1. The number of pyridine rings is 1. The Labute approximate surface area is 105 Å². The fraction of sp³-hybridized carbons (Fsp3) is 0.286. The Bertz CT molecular complexity index is 571. The van der Waals surface area contributed by atoms with E-state index in [1.54, 1.807) is 12.3 Å². The molecule has 1 aromatic carbocycles. The smallest absolute Gasteiger partial charge is 0.170 e. The molecule has 1 fully saturated rings. The van der Waals surface area contributed by atoms with Crippen LogP contribution < -0.4 is 0 Å². The van der Waals surface area contributed by atoms with Gasteiger partial charge in [-0.05, 0) is 12.1 Å². The van der Waals surface area contributed by atoms with Crippen molar-refractivity contribution < 1.29 is 14.3 Å². The summed E-state index contributed by atoms with van der Waals surface area (Å²) in [7, 11) is 0. The second-order valence-corrected chi connectivity index (χ2v) is 4.18. The summed E-state index contributed by atoms with van der Waals surface area (Å²) in [6.45, 7) is 1.12. The molecule has 1 aromatic heterocycles. The van der Waals surface area contributed by atoms with Gasteiger partial charge in [0, 0.05) is 17.1 Å². The predicted octanol–water partition coefficient (Wildman–Crippen LogP) is 2.18. The van der Waals surface area contributed by atoms with E-state index in [4.69, 9.17) is 9.47 Å². The van der Waals surface area contributed by atoms with E-state index in [9.17, 15) is 4.79 Å². The second-order valence-electron chi connectivity index (χ2n) is 4.18. The van der Waals surface area contributed by atoms with E-state index < -0.39 is 6.29 Å². The molecule has 2 heterocycles. The van der Waals surface area contributed by atoms with Crippen LogP contribution in [0.1, 0.15) is 16.8 Å². The Kier molecular flexibility index (Phi) is 3.04. The van der Waals surface area contributed by atoms with Gasteiger partial charge in [0.1, 0.15) is 0 Å². The van der Waals surface area contributed by atoms with Gasteiger partial charge in [0.05, 0.1) is 25.2 Å². The van der Waals surface area contributed by atoms with Crippen molar-refractivity contribution >= 4 is 16.7 Å². The van der Waals surface area contributed by atoms with Crippen LogP contribution in [0.25, 0.3) is 10.9 Å². The van der Waals surface area contributed by atoms with Crippen LogP contribution in [0, 0.1) is 0 Å². The number of benzene rings is 1. The maximum atomic E-state index is 12.2. The van der Waals surface area contributed by atoms with Crippen LogP contribution in [-0.2, 0) is 9.47 Å². The average Bonchev–Trinajstić information content (AvgIpc) is 2.91. The molecule has 4 heteroatoms. The lowest BCUT2D eigenvalue weighted by molar-refractivity contribution is -0.0407. The third-order valence-corrected chi connectivity index (χ3v) is 2.98. The summed E-state index contributed by atoms with van der Waals surface area (Å²) in [6, 6.07) is 9.42. The van der Waals surface area contributed by atoms with E-state index in [0.717, 1.165) is 10.9 Å². The number of carbonyl (C=O) groups is 1. The molecule has 0 radical (unpaired) electrons. The van der Waals surface area contributed by atoms with Gasteiger partial charge in [-0.1, -0.05) is 18.2 Å². The van der Waals surface area contributed by atoms with Crippen molar-refractivity contribution in [3.63, 3.8) is 0 Å². The number of ketones is 1. The SMILES string of the molecule is O=C(CC1OCCO1)c1cccc2cccnc12. The third kappa shape index (κ3) is 2.12. The Morgan fingerprint density at radius 3 is 2.83 bits per heavy atom. The molecule has 0 N–H and O–H groups in total. The highest BCUT2D eigenvalue weighted by molar-refractivity contribution is 6.06. The zero-order valence-corrected chi connectivity index (χ0v) is 9.83. The van der Waals surface area contributed by atoms with Crippen molar-refractivity contribution in [2.45, 2.75) is 12.7 Å². The van der Waals surface area contributed by atoms with Gasteiger partial charge in [-0.25, -0.2) is 0 Å². The van der Waals surface area contributed by atoms with Crippen LogP contribution in [-0.4, -0.2) is 30.3 Å². The van der Waals surface area contributed by atoms with E-state index in [1.165, 1.54) is 0 Å². The number of hydrogen-bond acceptors (Lipinski definition) is 4. The van der Waals surface area contributed by atoms with Crippen LogP contribution in [0.2, 0.25) is 0 Å². The molecule has 92 valence electrons. The molecule has 1 saturated heterocycles. The molecule has 0 saturated carbocycles. The molecular formula is C14H13NO3. The molecule has 0 aliphatic carbocycles. The minimum absolute atomic E-state index is 0.00574. The highest BCUT2D eigenvalue weighted by atomic mass is 16.7. The molecule has 0 spiro atoms. The van der Waals surface area contributed by atoms with Crippen LogP contribution in [0.15, 0.2) is 36.5 Å². The standard InChI is InChI=1S/C14H13NO3/c16-12(9-13-17-7-8-18-13)11-5-1-3-10-4-2-6-15-14(10)11/h1-6,13H,7-9H2. The minimum atomic E-state index is -0.406. The summed E-state index contributed by atoms with van der Waals surface area (Å²) in [6.07, 6.45) is 1.54. The summed E-state index contributed by atoms with van der Waals surface area (Å²) in [5.41, 5.74) is 1.37. The van der Waals surface area contributed by atoms with E-state index in [-0.39, 0.29) is 12.2 Å². The first-order chi connectivity index (χ1) is 8.84. The van der Waals surface area contributed by atoms with Crippen molar-refractivity contribution in [3.05, 3.63) is 42.1 Å². The van der Waals surface area contributed by atoms with Gasteiger partial charge >= 0.3 is 0 Å². The van der Waals surface area contributed by atoms with Gasteiger partial charge in [-0.3, -0.25) is 9.78 Å². The fourth-order valence-corrected chi connectivity index (χ4v) is 2.12. The normalized spacial score (nSPS) is 16.2. The molecule has 0 unspecified atom stereocenters. The summed E-state index contributed by atoms with van der Waals surface area (Å²) in [5.74, 6) is 0.00574. The Balaban J connectivity index is 1.91. The summed E-state index contributed by atoms with van der Waals surface area (Å²) < 4.78 is 10.6. The van der Waals surface area contributed by atoms with Crippen LogP contribution in [0.4, 0.5) is 0 Å². The maximum absolute atomic E-state index is 12.2. The van der Waals surface area contributed by atoms with Crippen LogP contribution in [0.5, 0.6) is 0 Å². The first-order valence-corrected chi connectivity index (χ1v) is 5.95. The molecule has 18 heavy (non-hydrogen) atoms. The third-order valence-electron chi connectivity index (χ3n) is 2.98. The molecule has 4 nitrogen and oxygen atoms in total. The number of rotatable bonds is 3. The minimum Gasteiger partial charge on any atom is -0.350 e. The molecule has 0 atom stereocenters. The molecule has 1 aliphatic rings. The predicted molar refractivity (Wildman–Crippen MR) is 66.4 cm³/mol. The Morgan fingerprint density at radius 2 is 2.00 bits per heavy atom. The number of fused-ring (bicyclic) bond motifs is 1. The number of hydrogen-bond donors (Lipinski definition) is 0. The Hall–Kier alpha value is -1.78. The van der Waals surface area contributed by atoms with Crippen LogP contribution >= 0.6 is 0 Å². The molecule has 0 bridgehead atoms. The summed E-state index contributed by atoms with van der Waals surface area (Å²) >= 11 is 0. The van der Waals surface area contributed by atoms with Gasteiger partial charge in [-0.15, -0.1) is 0 Å². The first-order valence-electron chi connectivity index (χ1n) is 5.95. The quantitative estimate of drug-likeness (QED) is 0.775. The average molecular weight is 243 g/mol. The number of para-hydroxylation sites is 1. The molecule has 3 rings (SSSR count). The molecule has 2 aromatic rings. The van der Waals surface area contributed by atoms with Gasteiger partial charge in [0.15, 0.2) is 12.1 Å². The first kappa shape index (κ1) is 11.3. The number of Topliss-reactive ketones (excluding diaryl/α,β-unsaturated/α-hetero) is 1. The van der Waals surface area contributed by atoms with Crippen molar-refractivity contribution in [2.75, 3.05) is 13.2 Å². The summed E-state index contributed by atoms with van der Waals surface area (Å²) in [5, 5.41) is 0.969. The van der Waals surface area contributed by atoms with E-state index in [2.05, 4.69) is 4.98 Å². The zero-order chi connectivity index (χ0) is 12.4. The molecule has 0 amide bonds. The Morgan fingerprint density at radius 1 is 1.22 bits per heavy atom. The van der Waals surface area contributed by atoms with Gasteiger partial charge < -0.3 is 9.47 Å². The van der Waals surface area contributed by atoms with Gasteiger partial charge in [0.25, 0.3) is 0 Å². The molecular weight excluding hydrogens is 230 g/mol. The van der Waals surface area contributed by atoms with Crippen molar-refractivity contribution in [2.24, 2.45) is 0 Å². The van der Waals surface area contributed by atoms with Gasteiger partial charge in [-0.2, -0.15) is 0 Å². The number of aromatic nitrogens is 1. The summed E-state index contributed by atoms with van der Waals surface area (Å²) in [4.78, 5) is 16.5. The van der Waals surface area contributed by atoms with E-state index in [1.807, 2.05) is 24.3 Å². The highest BCUT2D eigenvalue weighted by Crippen LogP contribution is 2.19. The van der Waals surface area contributed by atoms with Crippen molar-refractivity contribution in [1.82, 2.24) is 4.98 Å². The van der Waals surface area contributed by atoms with Crippen molar-refractivity contribution in [3.8, 4) is 0 Å². The number of ether oxygens (including phenoxy) is 2. The van der Waals surface area contributed by atoms with Gasteiger partial charge in [0.2, 0.25) is 0 Å². The lowest BCUT2D eigenvalue weighted by Gasteiger charge is -2.09. The largest absolute Gasteiger partial charge is 0.350 e. The number of carbonyl (C=O) groups excluding carboxylic acids is 1. The molecule has 1 aliphatic heterocycles. The highest BCUT2D eigenvalue weighted by Gasteiger charge is 2.21. The van der Waals surface area contributed by atoms with Crippen molar-refractivity contribution in [1.29, 1.82) is 0 Å². The van der Waals surface area contributed by atoms with E-state index >= 15 is 0 Å². The zero-order valence-electron chi connectivity index (χ0n) is 9.83. The lowest BCUT2D eigenvalue weighted by Crippen LogP contribution is -2.14. The maximum Gasteiger partial charge on any atom is 0.170 e. The van der Waals surface area contributed by atoms with Crippen LogP contribution in [0.3, 0.4) is 0 Å². The topological polar surface area (TPSA) is 48.4 Å². The monoisotopic (exact) mass is 243 g/mol. The second kappa shape index (κ2) is 4.84. The fourth-order valence-electron chi connectivity index (χ4n) is 2.12.